The van der Waals surface area contributed by atoms with Gasteiger partial charge in [0.2, 0.25) is 5.89 Å². The molecular weight excluding hydrogens is 316 g/mol. The van der Waals surface area contributed by atoms with Crippen LogP contribution in [0.1, 0.15) is 67.8 Å². The van der Waals surface area contributed by atoms with E-state index in [1.54, 1.807) is 0 Å². The Bertz CT molecular complexity index is 757. The van der Waals surface area contributed by atoms with Crippen LogP contribution < -0.4 is 0 Å². The van der Waals surface area contributed by atoms with Crippen LogP contribution in [0.5, 0.6) is 0 Å². The van der Waals surface area contributed by atoms with Crippen molar-refractivity contribution >= 4 is 0 Å². The van der Waals surface area contributed by atoms with Gasteiger partial charge < -0.3 is 9.09 Å². The predicted molar refractivity (Wildman–Crippen MR) is 90.9 cm³/mol. The minimum Gasteiger partial charge on any atom is -0.338 e. The van der Waals surface area contributed by atoms with E-state index in [1.165, 1.54) is 50.2 Å². The maximum atomic E-state index is 5.26. The van der Waals surface area contributed by atoms with Crippen molar-refractivity contribution in [1.82, 2.24) is 29.8 Å². The second-order valence-corrected chi connectivity index (χ2v) is 8.07. The fraction of sp³-hybridized carbons (Fsp3) is 0.778. The number of aryl methyl sites for hydroxylation is 2. The first-order valence-corrected chi connectivity index (χ1v) is 9.67. The lowest BCUT2D eigenvalue weighted by Crippen LogP contribution is -2.34. The number of fused-ring (bicyclic) bond motifs is 1. The zero-order valence-electron chi connectivity index (χ0n) is 14.9. The highest BCUT2D eigenvalue weighted by molar-refractivity contribution is 5.21. The highest BCUT2D eigenvalue weighted by atomic mass is 16.5. The van der Waals surface area contributed by atoms with Crippen molar-refractivity contribution in [2.75, 3.05) is 13.1 Å². The average Bonchev–Trinajstić information content (AvgIpc) is 3.05. The number of likely N-dealkylation sites (tertiary alicyclic amines) is 1. The summed E-state index contributed by atoms with van der Waals surface area (Å²) in [5.41, 5.74) is 0.470. The Hall–Kier alpha value is -1.76. The molecule has 25 heavy (non-hydrogen) atoms. The normalized spacial score (nSPS) is 25.7. The van der Waals surface area contributed by atoms with E-state index in [-0.39, 0.29) is 0 Å². The number of nitrogens with zero attached hydrogens (tertiary/aromatic N) is 6. The van der Waals surface area contributed by atoms with E-state index >= 15 is 0 Å². The fourth-order valence-electron chi connectivity index (χ4n) is 4.78. The van der Waals surface area contributed by atoms with Gasteiger partial charge in [-0.05, 0) is 57.5 Å². The van der Waals surface area contributed by atoms with E-state index in [2.05, 4.69) is 29.8 Å². The standard InChI is InChI=1S/C18H26N6O/c1-13-19-16(25-22-13)12-23-9-6-18(7-10-23)11-14(18)17-21-20-15-5-3-2-4-8-24(15)17/h14H,2-12H2,1H3. The van der Waals surface area contributed by atoms with E-state index in [1.807, 2.05) is 6.92 Å². The van der Waals surface area contributed by atoms with E-state index in [0.717, 1.165) is 44.3 Å². The monoisotopic (exact) mass is 342 g/mol. The van der Waals surface area contributed by atoms with Gasteiger partial charge >= 0.3 is 0 Å². The topological polar surface area (TPSA) is 72.9 Å². The number of aromatic nitrogens is 5. The van der Waals surface area contributed by atoms with Gasteiger partial charge in [-0.2, -0.15) is 4.98 Å². The molecule has 134 valence electrons. The number of piperidine rings is 1. The van der Waals surface area contributed by atoms with Gasteiger partial charge in [0.15, 0.2) is 5.82 Å². The van der Waals surface area contributed by atoms with Gasteiger partial charge in [0.05, 0.1) is 6.54 Å². The van der Waals surface area contributed by atoms with Crippen LogP contribution in [0.25, 0.3) is 0 Å². The van der Waals surface area contributed by atoms with Gasteiger partial charge in [-0.1, -0.05) is 11.6 Å². The summed E-state index contributed by atoms with van der Waals surface area (Å²) < 4.78 is 7.71. The van der Waals surface area contributed by atoms with Crippen LogP contribution in [0, 0.1) is 12.3 Å². The molecule has 1 saturated heterocycles. The van der Waals surface area contributed by atoms with Gasteiger partial charge in [0.25, 0.3) is 0 Å². The van der Waals surface area contributed by atoms with Gasteiger partial charge in [-0.15, -0.1) is 10.2 Å². The quantitative estimate of drug-likeness (QED) is 0.853. The molecule has 2 fully saturated rings. The highest BCUT2D eigenvalue weighted by Gasteiger charge is 2.57. The van der Waals surface area contributed by atoms with Crippen LogP contribution in [-0.2, 0) is 19.5 Å². The number of hydrogen-bond donors (Lipinski definition) is 0. The maximum absolute atomic E-state index is 5.26. The van der Waals surface area contributed by atoms with Gasteiger partial charge in [0.1, 0.15) is 11.6 Å². The van der Waals surface area contributed by atoms with Crippen molar-refractivity contribution in [2.45, 2.75) is 70.9 Å². The largest absolute Gasteiger partial charge is 0.338 e. The average molecular weight is 342 g/mol. The smallest absolute Gasteiger partial charge is 0.240 e. The van der Waals surface area contributed by atoms with Gasteiger partial charge in [0, 0.05) is 18.9 Å². The molecule has 0 aromatic carbocycles. The van der Waals surface area contributed by atoms with E-state index in [0.29, 0.717) is 11.3 Å². The summed E-state index contributed by atoms with van der Waals surface area (Å²) in [5, 5.41) is 13.0. The Morgan fingerprint density at radius 2 is 2.00 bits per heavy atom. The lowest BCUT2D eigenvalue weighted by Gasteiger charge is -2.31. The van der Waals surface area contributed by atoms with Crippen molar-refractivity contribution < 1.29 is 4.52 Å². The zero-order chi connectivity index (χ0) is 16.9. The Morgan fingerprint density at radius 3 is 2.80 bits per heavy atom. The van der Waals surface area contributed by atoms with E-state index < -0.39 is 0 Å². The third-order valence-electron chi connectivity index (χ3n) is 6.42. The molecule has 1 saturated carbocycles. The van der Waals surface area contributed by atoms with Crippen LogP contribution in [0.3, 0.4) is 0 Å². The molecule has 2 aliphatic heterocycles. The molecule has 1 aliphatic carbocycles. The molecule has 5 rings (SSSR count). The second kappa shape index (κ2) is 5.90. The summed E-state index contributed by atoms with van der Waals surface area (Å²) in [5.74, 6) is 4.58. The zero-order valence-corrected chi connectivity index (χ0v) is 14.9. The van der Waals surface area contributed by atoms with Crippen molar-refractivity contribution in [3.8, 4) is 0 Å². The van der Waals surface area contributed by atoms with Crippen molar-refractivity contribution in [3.63, 3.8) is 0 Å². The fourth-order valence-corrected chi connectivity index (χ4v) is 4.78. The first kappa shape index (κ1) is 15.5. The lowest BCUT2D eigenvalue weighted by molar-refractivity contribution is 0.145. The second-order valence-electron chi connectivity index (χ2n) is 8.07. The molecule has 4 heterocycles. The molecule has 7 heteroatoms. The summed E-state index contributed by atoms with van der Waals surface area (Å²) in [6.07, 6.45) is 8.73. The molecule has 2 aromatic rings. The molecule has 7 nitrogen and oxygen atoms in total. The first-order chi connectivity index (χ1) is 12.2. The molecule has 0 N–H and O–H groups in total. The SMILES string of the molecule is Cc1noc(CN2CCC3(CC2)CC3c2nnc3n2CCCCC3)n1. The molecule has 1 atom stereocenters. The molecule has 3 aliphatic rings. The van der Waals surface area contributed by atoms with Crippen molar-refractivity contribution in [1.29, 1.82) is 0 Å². The molecule has 0 radical (unpaired) electrons. The Labute approximate surface area is 147 Å². The Morgan fingerprint density at radius 1 is 1.12 bits per heavy atom. The summed E-state index contributed by atoms with van der Waals surface area (Å²) in [6, 6.07) is 0. The third-order valence-corrected chi connectivity index (χ3v) is 6.42. The van der Waals surface area contributed by atoms with Crippen LogP contribution >= 0.6 is 0 Å². The van der Waals surface area contributed by atoms with E-state index in [9.17, 15) is 0 Å². The minimum absolute atomic E-state index is 0.470. The molecule has 1 unspecified atom stereocenters. The van der Waals surface area contributed by atoms with Crippen molar-refractivity contribution in [3.05, 3.63) is 23.4 Å². The number of rotatable bonds is 3. The highest BCUT2D eigenvalue weighted by Crippen LogP contribution is 2.64. The Kier molecular flexibility index (Phi) is 3.66. The van der Waals surface area contributed by atoms with Gasteiger partial charge in [-0.3, -0.25) is 4.90 Å². The molecular formula is C18H26N6O. The van der Waals surface area contributed by atoms with Crippen molar-refractivity contribution in [2.24, 2.45) is 5.41 Å². The number of hydrogen-bond acceptors (Lipinski definition) is 6. The molecule has 2 aromatic heterocycles. The van der Waals surface area contributed by atoms with Crippen LogP contribution in [0.2, 0.25) is 0 Å². The molecule has 0 bridgehead atoms. The lowest BCUT2D eigenvalue weighted by atomic mass is 9.90. The van der Waals surface area contributed by atoms with Gasteiger partial charge in [-0.25, -0.2) is 0 Å². The predicted octanol–water partition coefficient (Wildman–Crippen LogP) is 2.47. The van der Waals surface area contributed by atoms with Crippen LogP contribution in [0.15, 0.2) is 4.52 Å². The van der Waals surface area contributed by atoms with E-state index in [4.69, 9.17) is 4.52 Å². The summed E-state index contributed by atoms with van der Waals surface area (Å²) in [4.78, 5) is 6.77. The summed E-state index contributed by atoms with van der Waals surface area (Å²) in [7, 11) is 0. The third kappa shape index (κ3) is 2.78. The molecule has 0 amide bonds. The van der Waals surface area contributed by atoms with Crippen LogP contribution in [0.4, 0.5) is 0 Å². The maximum Gasteiger partial charge on any atom is 0.240 e. The minimum atomic E-state index is 0.470. The Balaban J connectivity index is 1.24. The first-order valence-electron chi connectivity index (χ1n) is 9.67. The summed E-state index contributed by atoms with van der Waals surface area (Å²) in [6.45, 7) is 5.99. The summed E-state index contributed by atoms with van der Waals surface area (Å²) >= 11 is 0. The van der Waals surface area contributed by atoms with Crippen LogP contribution in [-0.4, -0.2) is 42.9 Å². The molecule has 1 spiro atoms.